The van der Waals surface area contributed by atoms with Crippen molar-refractivity contribution in [2.45, 2.75) is 5.92 Å². The Morgan fingerprint density at radius 2 is 2.25 bits per heavy atom. The lowest BCUT2D eigenvalue weighted by Crippen LogP contribution is -2.37. The van der Waals surface area contributed by atoms with Gasteiger partial charge >= 0.3 is 0 Å². The second kappa shape index (κ2) is 5.74. The predicted molar refractivity (Wildman–Crippen MR) is 75.6 cm³/mol. The Bertz CT molecular complexity index is 605. The van der Waals surface area contributed by atoms with Gasteiger partial charge in [0.15, 0.2) is 0 Å². The number of benzene rings is 1. The Balaban J connectivity index is 2.30. The number of nitrogens with zero attached hydrogens (tertiary/aromatic N) is 1. The van der Waals surface area contributed by atoms with Gasteiger partial charge in [-0.25, -0.2) is 5.84 Å². The summed E-state index contributed by atoms with van der Waals surface area (Å²) < 4.78 is 0. The SMILES string of the molecule is CN(C)CC#Cc1ccc2c(c1)C(C(=O)NN)C(=O)N2. The summed E-state index contributed by atoms with van der Waals surface area (Å²) in [6, 6.07) is 5.30. The molecule has 0 saturated heterocycles. The summed E-state index contributed by atoms with van der Waals surface area (Å²) in [4.78, 5) is 25.4. The third-order valence-electron chi connectivity index (χ3n) is 2.92. The number of hydrazine groups is 1. The smallest absolute Gasteiger partial charge is 0.251 e. The Kier molecular flexibility index (Phi) is 4.03. The second-order valence-corrected chi connectivity index (χ2v) is 4.77. The molecule has 0 spiro atoms. The Morgan fingerprint density at radius 3 is 2.90 bits per heavy atom. The summed E-state index contributed by atoms with van der Waals surface area (Å²) in [5, 5.41) is 2.65. The molecule has 1 heterocycles. The van der Waals surface area contributed by atoms with E-state index in [1.165, 1.54) is 0 Å². The molecule has 1 unspecified atom stereocenters. The van der Waals surface area contributed by atoms with Crippen LogP contribution in [0.4, 0.5) is 5.69 Å². The fraction of sp³-hybridized carbons (Fsp3) is 0.286. The van der Waals surface area contributed by atoms with Crippen LogP contribution in [0.1, 0.15) is 17.0 Å². The Hall–Kier alpha value is -2.36. The number of fused-ring (bicyclic) bond motifs is 1. The Labute approximate surface area is 117 Å². The molecule has 1 aromatic carbocycles. The molecular formula is C14H16N4O2. The van der Waals surface area contributed by atoms with E-state index in [1.807, 2.05) is 30.5 Å². The second-order valence-electron chi connectivity index (χ2n) is 4.77. The van der Waals surface area contributed by atoms with Gasteiger partial charge in [0.1, 0.15) is 5.92 Å². The maximum atomic E-state index is 11.8. The largest absolute Gasteiger partial charge is 0.325 e. The van der Waals surface area contributed by atoms with Crippen molar-refractivity contribution < 1.29 is 9.59 Å². The van der Waals surface area contributed by atoms with Gasteiger partial charge in [0, 0.05) is 11.3 Å². The maximum Gasteiger partial charge on any atom is 0.251 e. The zero-order chi connectivity index (χ0) is 14.7. The van der Waals surface area contributed by atoms with Gasteiger partial charge in [-0.3, -0.25) is 19.9 Å². The molecule has 0 fully saturated rings. The highest BCUT2D eigenvalue weighted by Gasteiger charge is 2.36. The zero-order valence-corrected chi connectivity index (χ0v) is 11.4. The van der Waals surface area contributed by atoms with E-state index in [-0.39, 0.29) is 5.91 Å². The molecule has 104 valence electrons. The third-order valence-corrected chi connectivity index (χ3v) is 2.92. The first-order chi connectivity index (χ1) is 9.52. The van der Waals surface area contributed by atoms with Gasteiger partial charge in [-0.05, 0) is 37.9 Å². The minimum Gasteiger partial charge on any atom is -0.325 e. The lowest BCUT2D eigenvalue weighted by Gasteiger charge is -2.06. The van der Waals surface area contributed by atoms with Gasteiger partial charge in [0.2, 0.25) is 5.91 Å². The zero-order valence-electron chi connectivity index (χ0n) is 11.4. The van der Waals surface area contributed by atoms with Crippen molar-refractivity contribution in [1.82, 2.24) is 10.3 Å². The fourth-order valence-corrected chi connectivity index (χ4v) is 1.98. The first-order valence-electron chi connectivity index (χ1n) is 6.12. The number of nitrogens with one attached hydrogen (secondary N) is 2. The molecule has 2 rings (SSSR count). The molecule has 2 amide bonds. The van der Waals surface area contributed by atoms with E-state index >= 15 is 0 Å². The summed E-state index contributed by atoms with van der Waals surface area (Å²) in [6.45, 7) is 0.640. The van der Waals surface area contributed by atoms with Crippen LogP contribution in [0, 0.1) is 11.8 Å². The minimum atomic E-state index is -0.911. The standard InChI is InChI=1S/C14H16N4O2/c1-18(2)7-3-4-9-5-6-11-10(8-9)12(13(19)16-11)14(20)17-15/h5-6,8,12H,7,15H2,1-2H3,(H,16,19)(H,17,20). The number of anilines is 1. The summed E-state index contributed by atoms with van der Waals surface area (Å²) in [7, 11) is 3.86. The predicted octanol–water partition coefficient (Wildman–Crippen LogP) is -0.375. The summed E-state index contributed by atoms with van der Waals surface area (Å²) >= 11 is 0. The van der Waals surface area contributed by atoms with Gasteiger partial charge in [-0.2, -0.15) is 0 Å². The molecule has 6 nitrogen and oxygen atoms in total. The van der Waals surface area contributed by atoms with Crippen LogP contribution in [-0.4, -0.2) is 37.4 Å². The van der Waals surface area contributed by atoms with E-state index in [0.29, 0.717) is 17.8 Å². The average molecular weight is 272 g/mol. The van der Waals surface area contributed by atoms with Crippen LogP contribution < -0.4 is 16.6 Å². The molecule has 0 bridgehead atoms. The highest BCUT2D eigenvalue weighted by molar-refractivity contribution is 6.16. The first kappa shape index (κ1) is 14.1. The van der Waals surface area contributed by atoms with E-state index in [0.717, 1.165) is 5.56 Å². The van der Waals surface area contributed by atoms with Gasteiger partial charge < -0.3 is 5.32 Å². The molecule has 0 aliphatic carbocycles. The molecule has 6 heteroatoms. The van der Waals surface area contributed by atoms with Crippen molar-refractivity contribution in [3.8, 4) is 11.8 Å². The molecule has 0 radical (unpaired) electrons. The van der Waals surface area contributed by atoms with Crippen molar-refractivity contribution in [2.75, 3.05) is 26.0 Å². The molecule has 1 aromatic rings. The third kappa shape index (κ3) is 2.79. The topological polar surface area (TPSA) is 87.5 Å². The van der Waals surface area contributed by atoms with Gasteiger partial charge in [0.25, 0.3) is 5.91 Å². The lowest BCUT2D eigenvalue weighted by molar-refractivity contribution is -0.128. The number of nitrogens with two attached hydrogens (primary N) is 1. The highest BCUT2D eigenvalue weighted by Crippen LogP contribution is 2.33. The van der Waals surface area contributed by atoms with E-state index in [1.54, 1.807) is 12.1 Å². The number of carbonyl (C=O) groups excluding carboxylic acids is 2. The molecule has 4 N–H and O–H groups in total. The van der Waals surface area contributed by atoms with Crippen LogP contribution in [0.3, 0.4) is 0 Å². The van der Waals surface area contributed by atoms with Crippen molar-refractivity contribution in [1.29, 1.82) is 0 Å². The van der Waals surface area contributed by atoms with Crippen LogP contribution >= 0.6 is 0 Å². The summed E-state index contributed by atoms with van der Waals surface area (Å²) in [6.07, 6.45) is 0. The van der Waals surface area contributed by atoms with Crippen LogP contribution in [0.25, 0.3) is 0 Å². The number of rotatable bonds is 2. The highest BCUT2D eigenvalue weighted by atomic mass is 16.2. The quantitative estimate of drug-likeness (QED) is 0.225. The molecule has 20 heavy (non-hydrogen) atoms. The van der Waals surface area contributed by atoms with Gasteiger partial charge in [0.05, 0.1) is 6.54 Å². The molecule has 1 aliphatic heterocycles. The molecule has 0 aromatic heterocycles. The maximum absolute atomic E-state index is 11.8. The van der Waals surface area contributed by atoms with Crippen LogP contribution in [-0.2, 0) is 9.59 Å². The van der Waals surface area contributed by atoms with Crippen LogP contribution in [0.2, 0.25) is 0 Å². The van der Waals surface area contributed by atoms with E-state index in [2.05, 4.69) is 17.2 Å². The lowest BCUT2D eigenvalue weighted by atomic mass is 9.98. The molecule has 0 saturated carbocycles. The van der Waals surface area contributed by atoms with E-state index < -0.39 is 11.8 Å². The summed E-state index contributed by atoms with van der Waals surface area (Å²) in [5.41, 5.74) is 4.01. The van der Waals surface area contributed by atoms with Crippen molar-refractivity contribution >= 4 is 17.5 Å². The van der Waals surface area contributed by atoms with Crippen molar-refractivity contribution in [2.24, 2.45) is 5.84 Å². The fourth-order valence-electron chi connectivity index (χ4n) is 1.98. The summed E-state index contributed by atoms with van der Waals surface area (Å²) in [5.74, 6) is 9.31. The Morgan fingerprint density at radius 1 is 1.50 bits per heavy atom. The number of hydrogen-bond acceptors (Lipinski definition) is 4. The van der Waals surface area contributed by atoms with Crippen LogP contribution in [0.5, 0.6) is 0 Å². The van der Waals surface area contributed by atoms with E-state index in [9.17, 15) is 9.59 Å². The monoisotopic (exact) mass is 272 g/mol. The average Bonchev–Trinajstić information content (AvgIpc) is 2.73. The van der Waals surface area contributed by atoms with Crippen molar-refractivity contribution in [3.63, 3.8) is 0 Å². The molecule has 1 aliphatic rings. The molecule has 1 atom stereocenters. The van der Waals surface area contributed by atoms with Crippen molar-refractivity contribution in [3.05, 3.63) is 29.3 Å². The first-order valence-corrected chi connectivity index (χ1v) is 6.12. The minimum absolute atomic E-state index is 0.374. The normalized spacial score (nSPS) is 16.2. The van der Waals surface area contributed by atoms with Gasteiger partial charge in [-0.15, -0.1) is 0 Å². The van der Waals surface area contributed by atoms with Gasteiger partial charge in [-0.1, -0.05) is 11.8 Å². The van der Waals surface area contributed by atoms with Crippen LogP contribution in [0.15, 0.2) is 18.2 Å². The number of carbonyl (C=O) groups is 2. The number of amides is 2. The van der Waals surface area contributed by atoms with E-state index in [4.69, 9.17) is 5.84 Å². The number of hydrogen-bond donors (Lipinski definition) is 3. The molecular weight excluding hydrogens is 256 g/mol.